The molecular formula is C21H31F2N3O3. The number of nitrogens with zero attached hydrogens (tertiary/aromatic N) is 2. The average Bonchev–Trinajstić information content (AvgIpc) is 3.09. The minimum Gasteiger partial charge on any atom is -0.486 e. The number of alkyl halides is 2. The highest BCUT2D eigenvalue weighted by molar-refractivity contribution is 5.68. The summed E-state index contributed by atoms with van der Waals surface area (Å²) in [6.45, 7) is 10.4. The van der Waals surface area contributed by atoms with E-state index in [-0.39, 0.29) is 17.8 Å². The number of amides is 1. The Balaban J connectivity index is 1.74. The molecule has 1 aromatic carbocycles. The fraction of sp³-hybridized carbons (Fsp3) is 0.667. The normalized spacial score (nSPS) is 20.7. The molecule has 2 saturated heterocycles. The molecule has 6 nitrogen and oxygen atoms in total. The fourth-order valence-corrected chi connectivity index (χ4v) is 3.54. The zero-order valence-electron chi connectivity index (χ0n) is 17.6. The van der Waals surface area contributed by atoms with Gasteiger partial charge in [0, 0.05) is 51.6 Å². The summed E-state index contributed by atoms with van der Waals surface area (Å²) >= 11 is 0. The third-order valence-corrected chi connectivity index (χ3v) is 5.01. The first-order chi connectivity index (χ1) is 13.5. The lowest BCUT2D eigenvalue weighted by atomic mass is 10.1. The molecule has 2 aliphatic rings. The van der Waals surface area contributed by atoms with Gasteiger partial charge in [-0.1, -0.05) is 0 Å². The van der Waals surface area contributed by atoms with Gasteiger partial charge in [-0.2, -0.15) is 0 Å². The van der Waals surface area contributed by atoms with Gasteiger partial charge in [-0.3, -0.25) is 0 Å². The summed E-state index contributed by atoms with van der Waals surface area (Å²) in [4.78, 5) is 16.0. The molecule has 8 heteroatoms. The number of nitrogens with one attached hydrogen (secondary N) is 1. The van der Waals surface area contributed by atoms with Crippen LogP contribution in [0.3, 0.4) is 0 Å². The maximum atomic E-state index is 13.9. The highest BCUT2D eigenvalue weighted by Gasteiger charge is 2.32. The van der Waals surface area contributed by atoms with Crippen LogP contribution < -0.4 is 15.0 Å². The lowest BCUT2D eigenvalue weighted by molar-refractivity contribution is 0.0173. The van der Waals surface area contributed by atoms with Gasteiger partial charge >= 0.3 is 6.09 Å². The Morgan fingerprint density at radius 2 is 1.83 bits per heavy atom. The summed E-state index contributed by atoms with van der Waals surface area (Å²) < 4.78 is 39.4. The van der Waals surface area contributed by atoms with Gasteiger partial charge in [-0.15, -0.1) is 0 Å². The number of hydrogen-bond donors (Lipinski definition) is 1. The van der Waals surface area contributed by atoms with E-state index in [1.807, 2.05) is 20.8 Å². The molecule has 2 heterocycles. The summed E-state index contributed by atoms with van der Waals surface area (Å²) in [5, 5.41) is 3.27. The quantitative estimate of drug-likeness (QED) is 0.821. The Kier molecular flexibility index (Phi) is 6.22. The largest absolute Gasteiger partial charge is 0.486 e. The lowest BCUT2D eigenvalue weighted by Crippen LogP contribution is -2.43. The number of ether oxygens (including phenoxy) is 2. The molecule has 1 atom stereocenters. The van der Waals surface area contributed by atoms with Crippen LogP contribution in [0.5, 0.6) is 5.75 Å². The average molecular weight is 411 g/mol. The van der Waals surface area contributed by atoms with Crippen molar-refractivity contribution in [3.8, 4) is 5.75 Å². The summed E-state index contributed by atoms with van der Waals surface area (Å²) in [5.74, 6) is -2.33. The number of benzene rings is 1. The first-order valence-electron chi connectivity index (χ1n) is 10.2. The van der Waals surface area contributed by atoms with Crippen molar-refractivity contribution in [2.24, 2.45) is 0 Å². The van der Waals surface area contributed by atoms with E-state index in [9.17, 15) is 13.6 Å². The number of hydrogen-bond acceptors (Lipinski definition) is 5. The van der Waals surface area contributed by atoms with Crippen molar-refractivity contribution in [1.29, 1.82) is 0 Å². The van der Waals surface area contributed by atoms with Crippen LogP contribution in [0.15, 0.2) is 18.2 Å². The number of anilines is 1. The molecule has 0 aliphatic carbocycles. The van der Waals surface area contributed by atoms with E-state index >= 15 is 0 Å². The summed E-state index contributed by atoms with van der Waals surface area (Å²) in [6.07, 6.45) is 0.121. The summed E-state index contributed by atoms with van der Waals surface area (Å²) in [7, 11) is 0. The minimum absolute atomic E-state index is 0.0276. The van der Waals surface area contributed by atoms with Crippen molar-refractivity contribution < 1.29 is 23.0 Å². The summed E-state index contributed by atoms with van der Waals surface area (Å²) in [6, 6.07) is 4.57. The Bertz CT molecular complexity index is 725. The van der Waals surface area contributed by atoms with E-state index in [4.69, 9.17) is 9.47 Å². The van der Waals surface area contributed by atoms with Crippen molar-refractivity contribution in [2.45, 2.75) is 51.7 Å². The van der Waals surface area contributed by atoms with E-state index < -0.39 is 11.5 Å². The molecular weight excluding hydrogens is 380 g/mol. The van der Waals surface area contributed by atoms with Gasteiger partial charge in [-0.25, -0.2) is 13.6 Å². The van der Waals surface area contributed by atoms with Crippen molar-refractivity contribution in [2.75, 3.05) is 44.2 Å². The second-order valence-corrected chi connectivity index (χ2v) is 8.76. The first-order valence-corrected chi connectivity index (χ1v) is 10.2. The maximum Gasteiger partial charge on any atom is 0.410 e. The molecule has 2 fully saturated rings. The van der Waals surface area contributed by atoms with E-state index in [1.54, 1.807) is 11.0 Å². The molecule has 1 N–H and O–H groups in total. The van der Waals surface area contributed by atoms with Gasteiger partial charge in [0.05, 0.1) is 12.2 Å². The Hall–Kier alpha value is -2.09. The lowest BCUT2D eigenvalue weighted by Gasteiger charge is -2.32. The van der Waals surface area contributed by atoms with Crippen molar-refractivity contribution in [1.82, 2.24) is 10.2 Å². The van der Waals surface area contributed by atoms with Crippen LogP contribution in [0.4, 0.5) is 19.3 Å². The van der Waals surface area contributed by atoms with Crippen LogP contribution in [0.25, 0.3) is 0 Å². The predicted octanol–water partition coefficient (Wildman–Crippen LogP) is 3.60. The van der Waals surface area contributed by atoms with E-state index in [0.717, 1.165) is 33.1 Å². The number of likely N-dealkylation sites (tertiary alicyclic amines) is 1. The minimum atomic E-state index is -2.91. The molecule has 3 rings (SSSR count). The van der Waals surface area contributed by atoms with Crippen molar-refractivity contribution in [3.63, 3.8) is 0 Å². The molecule has 0 bridgehead atoms. The zero-order valence-corrected chi connectivity index (χ0v) is 17.6. The first kappa shape index (κ1) is 21.6. The number of rotatable bonds is 4. The molecule has 0 radical (unpaired) electrons. The third kappa shape index (κ3) is 5.72. The van der Waals surface area contributed by atoms with Gasteiger partial charge in [0.1, 0.15) is 17.5 Å². The van der Waals surface area contributed by atoms with Gasteiger partial charge in [-0.05, 0) is 39.0 Å². The number of carbonyl (C=O) groups excluding carboxylic acids is 1. The van der Waals surface area contributed by atoms with Crippen LogP contribution >= 0.6 is 0 Å². The van der Waals surface area contributed by atoms with Crippen LogP contribution in [-0.4, -0.2) is 62.0 Å². The number of halogens is 2. The molecule has 0 aromatic heterocycles. The maximum absolute atomic E-state index is 13.9. The smallest absolute Gasteiger partial charge is 0.410 e. The van der Waals surface area contributed by atoms with Crippen LogP contribution in [0, 0.1) is 0 Å². The molecule has 162 valence electrons. The second-order valence-electron chi connectivity index (χ2n) is 8.76. The summed E-state index contributed by atoms with van der Waals surface area (Å²) in [5.41, 5.74) is 0.105. The molecule has 0 saturated carbocycles. The molecule has 1 amide bonds. The molecule has 0 spiro atoms. The molecule has 29 heavy (non-hydrogen) atoms. The predicted molar refractivity (Wildman–Crippen MR) is 108 cm³/mol. The van der Waals surface area contributed by atoms with E-state index in [1.165, 1.54) is 12.1 Å². The standard InChI is InChI=1S/C21H31F2N3O3/c1-20(2,3)29-19(27)26-10-7-16(14-26)28-18-6-5-15(21(4,22)23)13-17(18)25-11-8-24-9-12-25/h5-6,13,16,24H,7-12,14H2,1-4H3/t16-/m0/s1. The molecule has 1 aromatic rings. The third-order valence-electron chi connectivity index (χ3n) is 5.01. The fourth-order valence-electron chi connectivity index (χ4n) is 3.54. The van der Waals surface area contributed by atoms with Gasteiger partial charge in [0.25, 0.3) is 5.92 Å². The Labute approximate surface area is 171 Å². The number of piperazine rings is 1. The monoisotopic (exact) mass is 411 g/mol. The number of carbonyl (C=O) groups is 1. The van der Waals surface area contributed by atoms with Crippen molar-refractivity contribution in [3.05, 3.63) is 23.8 Å². The zero-order chi connectivity index (χ0) is 21.2. The van der Waals surface area contributed by atoms with E-state index in [2.05, 4.69) is 10.2 Å². The van der Waals surface area contributed by atoms with Crippen LogP contribution in [-0.2, 0) is 10.7 Å². The highest BCUT2D eigenvalue weighted by atomic mass is 19.3. The van der Waals surface area contributed by atoms with Crippen LogP contribution in [0.1, 0.15) is 39.7 Å². The van der Waals surface area contributed by atoms with Gasteiger partial charge < -0.3 is 24.6 Å². The van der Waals surface area contributed by atoms with Crippen LogP contribution in [0.2, 0.25) is 0 Å². The Morgan fingerprint density at radius 1 is 1.14 bits per heavy atom. The molecule has 2 aliphatic heterocycles. The van der Waals surface area contributed by atoms with Gasteiger partial charge in [0.15, 0.2) is 0 Å². The van der Waals surface area contributed by atoms with Crippen molar-refractivity contribution >= 4 is 11.8 Å². The Morgan fingerprint density at radius 3 is 2.45 bits per heavy atom. The van der Waals surface area contributed by atoms with E-state index in [0.29, 0.717) is 30.9 Å². The SMILES string of the molecule is CC(C)(C)OC(=O)N1CC[C@H](Oc2ccc(C(C)(F)F)cc2N2CCNCC2)C1. The second kappa shape index (κ2) is 8.34. The highest BCUT2D eigenvalue weighted by Crippen LogP contribution is 2.37. The van der Waals surface area contributed by atoms with Gasteiger partial charge in [0.2, 0.25) is 0 Å². The molecule has 0 unspecified atom stereocenters. The topological polar surface area (TPSA) is 54.0 Å².